The van der Waals surface area contributed by atoms with Crippen LogP contribution >= 0.6 is 0 Å². The second-order valence-corrected chi connectivity index (χ2v) is 4.18. The number of carbonyl (C=O) groups is 1. The van der Waals surface area contributed by atoms with Crippen LogP contribution in [0, 0.1) is 0 Å². The number of amides is 1. The molecule has 0 aliphatic heterocycles. The van der Waals surface area contributed by atoms with Gasteiger partial charge in [-0.3, -0.25) is 4.79 Å². The van der Waals surface area contributed by atoms with Crippen molar-refractivity contribution in [1.29, 1.82) is 0 Å². The fourth-order valence-corrected chi connectivity index (χ4v) is 1.80. The summed E-state index contributed by atoms with van der Waals surface area (Å²) >= 11 is 0. The predicted molar refractivity (Wildman–Crippen MR) is 80.4 cm³/mol. The molecule has 0 radical (unpaired) electrons. The molecule has 114 valence electrons. The molecule has 0 aliphatic carbocycles. The molecule has 1 aromatic heterocycles. The van der Waals surface area contributed by atoms with Crippen LogP contribution in [0.1, 0.15) is 11.1 Å². The highest BCUT2D eigenvalue weighted by atomic mass is 16.6. The van der Waals surface area contributed by atoms with Crippen molar-refractivity contribution in [3.05, 3.63) is 53.9 Å². The first-order valence-corrected chi connectivity index (χ1v) is 6.57. The molecule has 0 saturated carbocycles. The fraction of sp³-hybridized carbons (Fsp3) is 0.200. The Kier molecular flexibility index (Phi) is 5.42. The SMILES string of the molecule is CNC(=O)/C(=N\OC)c1ccccc1COc1ncccn1. The van der Waals surface area contributed by atoms with Crippen LogP contribution in [0.4, 0.5) is 0 Å². The lowest BCUT2D eigenvalue weighted by Gasteiger charge is -2.11. The number of hydrogen-bond donors (Lipinski definition) is 1. The average molecular weight is 300 g/mol. The van der Waals surface area contributed by atoms with Crippen molar-refractivity contribution in [2.24, 2.45) is 5.16 Å². The number of oxime groups is 1. The van der Waals surface area contributed by atoms with Gasteiger partial charge in [-0.25, -0.2) is 9.97 Å². The zero-order valence-electron chi connectivity index (χ0n) is 12.3. The third-order valence-electron chi connectivity index (χ3n) is 2.80. The summed E-state index contributed by atoms with van der Waals surface area (Å²) in [5, 5.41) is 6.33. The first-order valence-electron chi connectivity index (χ1n) is 6.57. The van der Waals surface area contributed by atoms with E-state index in [-0.39, 0.29) is 24.2 Å². The van der Waals surface area contributed by atoms with E-state index < -0.39 is 0 Å². The smallest absolute Gasteiger partial charge is 0.316 e. The summed E-state index contributed by atoms with van der Waals surface area (Å²) in [7, 11) is 2.92. The van der Waals surface area contributed by atoms with Gasteiger partial charge in [0.25, 0.3) is 5.91 Å². The molecule has 2 rings (SSSR count). The standard InChI is InChI=1S/C15H16N4O3/c1-16-14(20)13(19-21-2)12-7-4-3-6-11(12)10-22-15-17-8-5-9-18-15/h3-9H,10H2,1-2H3,(H,16,20)/b19-13-. The van der Waals surface area contributed by atoms with E-state index in [0.717, 1.165) is 5.56 Å². The quantitative estimate of drug-likeness (QED) is 0.639. The van der Waals surface area contributed by atoms with Crippen LogP contribution in [0.2, 0.25) is 0 Å². The Labute approximate surface area is 128 Å². The van der Waals surface area contributed by atoms with Crippen molar-refractivity contribution in [3.63, 3.8) is 0 Å². The summed E-state index contributed by atoms with van der Waals surface area (Å²) in [6.45, 7) is 0.208. The molecule has 0 unspecified atom stereocenters. The minimum Gasteiger partial charge on any atom is -0.459 e. The summed E-state index contributed by atoms with van der Waals surface area (Å²) in [5.74, 6) is -0.342. The summed E-state index contributed by atoms with van der Waals surface area (Å²) in [4.78, 5) is 24.7. The molecule has 0 aliphatic rings. The number of nitrogens with one attached hydrogen (secondary N) is 1. The van der Waals surface area contributed by atoms with E-state index in [4.69, 9.17) is 9.57 Å². The van der Waals surface area contributed by atoms with Gasteiger partial charge in [0.2, 0.25) is 0 Å². The highest BCUT2D eigenvalue weighted by Gasteiger charge is 2.17. The van der Waals surface area contributed by atoms with Gasteiger partial charge in [-0.15, -0.1) is 0 Å². The Morgan fingerprint density at radius 3 is 2.64 bits per heavy atom. The molecule has 2 aromatic rings. The van der Waals surface area contributed by atoms with Gasteiger partial charge in [0.15, 0.2) is 5.71 Å². The maximum absolute atomic E-state index is 11.9. The van der Waals surface area contributed by atoms with Crippen LogP contribution in [-0.2, 0) is 16.2 Å². The summed E-state index contributed by atoms with van der Waals surface area (Å²) < 4.78 is 5.52. The highest BCUT2D eigenvalue weighted by molar-refractivity contribution is 6.45. The largest absolute Gasteiger partial charge is 0.459 e. The molecule has 1 aromatic carbocycles. The molecule has 0 saturated heterocycles. The third-order valence-corrected chi connectivity index (χ3v) is 2.80. The van der Waals surface area contributed by atoms with Gasteiger partial charge in [0.1, 0.15) is 13.7 Å². The van der Waals surface area contributed by atoms with Gasteiger partial charge < -0.3 is 14.9 Å². The lowest BCUT2D eigenvalue weighted by Crippen LogP contribution is -2.29. The number of carbonyl (C=O) groups excluding carboxylic acids is 1. The topological polar surface area (TPSA) is 85.7 Å². The lowest BCUT2D eigenvalue weighted by molar-refractivity contribution is -0.114. The van der Waals surface area contributed by atoms with Crippen LogP contribution in [0.25, 0.3) is 0 Å². The maximum atomic E-state index is 11.9. The molecule has 0 fully saturated rings. The highest BCUT2D eigenvalue weighted by Crippen LogP contribution is 2.13. The Bertz CT molecular complexity index is 659. The molecular formula is C15H16N4O3. The summed E-state index contributed by atoms with van der Waals surface area (Å²) in [6.07, 6.45) is 3.19. The third kappa shape index (κ3) is 3.78. The zero-order valence-corrected chi connectivity index (χ0v) is 12.3. The lowest BCUT2D eigenvalue weighted by atomic mass is 10.0. The monoisotopic (exact) mass is 300 g/mol. The van der Waals surface area contributed by atoms with Crippen molar-refractivity contribution >= 4 is 11.6 Å². The molecule has 7 nitrogen and oxygen atoms in total. The van der Waals surface area contributed by atoms with Crippen LogP contribution in [-0.4, -0.2) is 35.7 Å². The maximum Gasteiger partial charge on any atom is 0.316 e. The molecule has 1 amide bonds. The van der Waals surface area contributed by atoms with Crippen LogP contribution in [0.3, 0.4) is 0 Å². The van der Waals surface area contributed by atoms with Crippen molar-refractivity contribution in [3.8, 4) is 6.01 Å². The second kappa shape index (κ2) is 7.72. The molecule has 0 bridgehead atoms. The number of likely N-dealkylation sites (N-methyl/N-ethyl adjacent to an activating group) is 1. The number of nitrogens with zero attached hydrogens (tertiary/aromatic N) is 3. The van der Waals surface area contributed by atoms with E-state index in [2.05, 4.69) is 20.4 Å². The van der Waals surface area contributed by atoms with Gasteiger partial charge in [-0.2, -0.15) is 0 Å². The van der Waals surface area contributed by atoms with E-state index in [1.807, 2.05) is 18.2 Å². The summed E-state index contributed by atoms with van der Waals surface area (Å²) in [5.41, 5.74) is 1.58. The number of aromatic nitrogens is 2. The Hall–Kier alpha value is -2.96. The van der Waals surface area contributed by atoms with Gasteiger partial charge in [0.05, 0.1) is 0 Å². The van der Waals surface area contributed by atoms with Crippen LogP contribution in [0.5, 0.6) is 6.01 Å². The molecule has 1 heterocycles. The van der Waals surface area contributed by atoms with E-state index in [0.29, 0.717) is 5.56 Å². The zero-order chi connectivity index (χ0) is 15.8. The number of ether oxygens (including phenoxy) is 1. The van der Waals surface area contributed by atoms with Crippen molar-refractivity contribution < 1.29 is 14.4 Å². The Morgan fingerprint density at radius 1 is 1.23 bits per heavy atom. The minimum atomic E-state index is -0.342. The van der Waals surface area contributed by atoms with Crippen molar-refractivity contribution in [2.45, 2.75) is 6.61 Å². The Balaban J connectivity index is 2.26. The van der Waals surface area contributed by atoms with Crippen LogP contribution in [0.15, 0.2) is 47.9 Å². The minimum absolute atomic E-state index is 0.179. The predicted octanol–water partition coefficient (Wildman–Crippen LogP) is 1.15. The average Bonchev–Trinajstić information content (AvgIpc) is 2.58. The molecular weight excluding hydrogens is 284 g/mol. The second-order valence-electron chi connectivity index (χ2n) is 4.18. The van der Waals surface area contributed by atoms with E-state index in [1.165, 1.54) is 14.2 Å². The van der Waals surface area contributed by atoms with Gasteiger partial charge in [-0.05, 0) is 11.6 Å². The van der Waals surface area contributed by atoms with E-state index in [9.17, 15) is 4.79 Å². The molecule has 7 heteroatoms. The van der Waals surface area contributed by atoms with Crippen molar-refractivity contribution in [2.75, 3.05) is 14.2 Å². The van der Waals surface area contributed by atoms with Crippen LogP contribution < -0.4 is 10.1 Å². The van der Waals surface area contributed by atoms with Gasteiger partial charge in [-0.1, -0.05) is 29.4 Å². The van der Waals surface area contributed by atoms with Crippen molar-refractivity contribution in [1.82, 2.24) is 15.3 Å². The number of benzene rings is 1. The molecule has 0 spiro atoms. The van der Waals surface area contributed by atoms with Gasteiger partial charge in [0, 0.05) is 25.0 Å². The first-order chi connectivity index (χ1) is 10.8. The first kappa shape index (κ1) is 15.4. The van der Waals surface area contributed by atoms with Gasteiger partial charge >= 0.3 is 6.01 Å². The number of hydrogen-bond acceptors (Lipinski definition) is 6. The van der Waals surface area contributed by atoms with E-state index >= 15 is 0 Å². The molecule has 22 heavy (non-hydrogen) atoms. The Morgan fingerprint density at radius 2 is 1.95 bits per heavy atom. The van der Waals surface area contributed by atoms with E-state index in [1.54, 1.807) is 24.5 Å². The fourth-order valence-electron chi connectivity index (χ4n) is 1.80. The normalized spacial score (nSPS) is 10.9. The molecule has 1 N–H and O–H groups in total. The summed E-state index contributed by atoms with van der Waals surface area (Å²) in [6, 6.07) is 9.25. The molecule has 0 atom stereocenters. The number of rotatable bonds is 6.